The number of oxazole rings is 1. The van der Waals surface area contributed by atoms with Gasteiger partial charge >= 0.3 is 0 Å². The normalized spacial score (nSPS) is 14.1. The summed E-state index contributed by atoms with van der Waals surface area (Å²) in [5.74, 6) is 2.80. The number of rotatable bonds is 8. The molecule has 1 unspecified atom stereocenters. The SMILES string of the molecule is CCC(C)c1c(-c2c(C)nc(-c3ccc(OC)cc3C3CC3)n(Cc3ncc(C)o3)c2=O)ccc(Cl)c1O. The minimum atomic E-state index is -0.229. The molecule has 0 saturated heterocycles. The number of aromatic hydroxyl groups is 1. The molecule has 1 aliphatic carbocycles. The van der Waals surface area contributed by atoms with Crippen LogP contribution in [0.25, 0.3) is 22.5 Å². The molecule has 38 heavy (non-hydrogen) atoms. The highest BCUT2D eigenvalue weighted by Gasteiger charge is 2.30. The second-order valence-corrected chi connectivity index (χ2v) is 10.5. The van der Waals surface area contributed by atoms with Crippen LogP contribution >= 0.6 is 11.6 Å². The number of aromatic nitrogens is 3. The van der Waals surface area contributed by atoms with E-state index in [1.807, 2.05) is 45.9 Å². The molecule has 2 aromatic carbocycles. The predicted molar refractivity (Wildman–Crippen MR) is 148 cm³/mol. The van der Waals surface area contributed by atoms with Crippen LogP contribution in [0.2, 0.25) is 5.02 Å². The fourth-order valence-corrected chi connectivity index (χ4v) is 5.20. The van der Waals surface area contributed by atoms with Crippen molar-refractivity contribution >= 4 is 11.6 Å². The van der Waals surface area contributed by atoms with E-state index in [-0.39, 0.29) is 28.8 Å². The lowest BCUT2D eigenvalue weighted by Crippen LogP contribution is -2.27. The summed E-state index contributed by atoms with van der Waals surface area (Å²) < 4.78 is 12.9. The topological polar surface area (TPSA) is 90.4 Å². The van der Waals surface area contributed by atoms with Gasteiger partial charge in [-0.2, -0.15) is 0 Å². The van der Waals surface area contributed by atoms with E-state index < -0.39 is 0 Å². The minimum Gasteiger partial charge on any atom is -0.506 e. The Balaban J connectivity index is 1.79. The Morgan fingerprint density at radius 1 is 1.21 bits per heavy atom. The molecule has 1 aliphatic rings. The first kappa shape index (κ1) is 26.0. The molecule has 0 radical (unpaired) electrons. The maximum Gasteiger partial charge on any atom is 0.262 e. The average Bonchev–Trinajstić information content (AvgIpc) is 3.68. The molecule has 0 bridgehead atoms. The van der Waals surface area contributed by atoms with E-state index in [0.29, 0.717) is 45.8 Å². The lowest BCUT2D eigenvalue weighted by Gasteiger charge is -2.21. The molecule has 1 fully saturated rings. The van der Waals surface area contributed by atoms with Gasteiger partial charge in [-0.05, 0) is 80.3 Å². The standard InChI is InChI=1S/C30H32ClN3O4/c1-6-16(2)26-22(11-12-24(31)28(26)35)27-18(4)33-29(34(30(27)36)15-25-32-14-17(3)38-25)21-10-9-20(37-5)13-23(21)19-7-8-19/h9-14,16,19,35H,6-8,15H2,1-5H3. The molecule has 2 heterocycles. The van der Waals surface area contributed by atoms with E-state index in [1.165, 1.54) is 0 Å². The van der Waals surface area contributed by atoms with Crippen LogP contribution in [0.5, 0.6) is 11.5 Å². The fraction of sp³-hybridized carbons (Fsp3) is 0.367. The number of hydrogen-bond donors (Lipinski definition) is 1. The summed E-state index contributed by atoms with van der Waals surface area (Å²) in [7, 11) is 1.65. The van der Waals surface area contributed by atoms with Crippen molar-refractivity contribution in [3.05, 3.63) is 80.4 Å². The first-order chi connectivity index (χ1) is 18.2. The second kappa shape index (κ2) is 10.3. The van der Waals surface area contributed by atoms with E-state index in [1.54, 1.807) is 30.0 Å². The van der Waals surface area contributed by atoms with E-state index in [2.05, 4.69) is 4.98 Å². The summed E-state index contributed by atoms with van der Waals surface area (Å²) in [6.07, 6.45) is 4.58. The molecule has 0 aliphatic heterocycles. The largest absolute Gasteiger partial charge is 0.506 e. The number of benzene rings is 2. The maximum atomic E-state index is 14.4. The third-order valence-electron chi connectivity index (χ3n) is 7.37. The van der Waals surface area contributed by atoms with Crippen molar-refractivity contribution in [1.29, 1.82) is 0 Å². The van der Waals surface area contributed by atoms with Gasteiger partial charge in [0.15, 0.2) is 0 Å². The van der Waals surface area contributed by atoms with Crippen molar-refractivity contribution in [1.82, 2.24) is 14.5 Å². The zero-order valence-corrected chi connectivity index (χ0v) is 23.1. The first-order valence-electron chi connectivity index (χ1n) is 13.0. The van der Waals surface area contributed by atoms with Gasteiger partial charge in [-0.15, -0.1) is 0 Å². The van der Waals surface area contributed by atoms with Gasteiger partial charge in [0.25, 0.3) is 5.56 Å². The predicted octanol–water partition coefficient (Wildman–Crippen LogP) is 6.99. The Morgan fingerprint density at radius 3 is 2.58 bits per heavy atom. The molecule has 2 aromatic heterocycles. The van der Waals surface area contributed by atoms with Crippen molar-refractivity contribution in [3.8, 4) is 34.0 Å². The number of phenols is 1. The maximum absolute atomic E-state index is 14.4. The van der Waals surface area contributed by atoms with E-state index in [0.717, 1.165) is 36.1 Å². The third kappa shape index (κ3) is 4.71. The Labute approximate surface area is 227 Å². The highest BCUT2D eigenvalue weighted by molar-refractivity contribution is 6.32. The van der Waals surface area contributed by atoms with Gasteiger partial charge < -0.3 is 14.3 Å². The smallest absolute Gasteiger partial charge is 0.262 e. The van der Waals surface area contributed by atoms with Gasteiger partial charge in [0.1, 0.15) is 29.6 Å². The summed E-state index contributed by atoms with van der Waals surface area (Å²) in [4.78, 5) is 23.8. The summed E-state index contributed by atoms with van der Waals surface area (Å²) >= 11 is 6.30. The Hall–Kier alpha value is -3.58. The van der Waals surface area contributed by atoms with Crippen LogP contribution in [-0.4, -0.2) is 26.8 Å². The molecule has 5 rings (SSSR count). The molecule has 0 spiro atoms. The molecular formula is C30H32ClN3O4. The highest BCUT2D eigenvalue weighted by Crippen LogP contribution is 2.46. The van der Waals surface area contributed by atoms with Gasteiger partial charge in [-0.25, -0.2) is 9.97 Å². The summed E-state index contributed by atoms with van der Waals surface area (Å²) in [5.41, 5.74) is 4.07. The van der Waals surface area contributed by atoms with Gasteiger partial charge in [0, 0.05) is 11.1 Å². The van der Waals surface area contributed by atoms with Crippen LogP contribution < -0.4 is 10.3 Å². The van der Waals surface area contributed by atoms with Crippen molar-refractivity contribution in [3.63, 3.8) is 0 Å². The van der Waals surface area contributed by atoms with Gasteiger partial charge in [0.05, 0.1) is 29.6 Å². The van der Waals surface area contributed by atoms with Crippen LogP contribution in [0.15, 0.2) is 45.7 Å². The number of methoxy groups -OCH3 is 1. The number of ether oxygens (including phenoxy) is 1. The lowest BCUT2D eigenvalue weighted by molar-refractivity contribution is 0.414. The van der Waals surface area contributed by atoms with Crippen LogP contribution in [-0.2, 0) is 6.54 Å². The van der Waals surface area contributed by atoms with Crippen LogP contribution in [0.3, 0.4) is 0 Å². The second-order valence-electron chi connectivity index (χ2n) is 10.0. The lowest BCUT2D eigenvalue weighted by atomic mass is 9.89. The highest BCUT2D eigenvalue weighted by atomic mass is 35.5. The molecule has 0 amide bonds. The number of halogens is 1. The minimum absolute atomic E-state index is 0.00226. The van der Waals surface area contributed by atoms with Gasteiger partial charge in [-0.1, -0.05) is 31.5 Å². The molecule has 4 aromatic rings. The molecule has 198 valence electrons. The summed E-state index contributed by atoms with van der Waals surface area (Å²) in [6.45, 7) is 7.83. The molecular weight excluding hydrogens is 502 g/mol. The number of phenolic OH excluding ortho intramolecular Hbond substituents is 1. The molecule has 1 N–H and O–H groups in total. The van der Waals surface area contributed by atoms with Crippen molar-refractivity contribution < 1.29 is 14.3 Å². The summed E-state index contributed by atoms with van der Waals surface area (Å²) in [6, 6.07) is 9.34. The van der Waals surface area contributed by atoms with Crippen molar-refractivity contribution in [2.75, 3.05) is 7.11 Å². The van der Waals surface area contributed by atoms with E-state index in [9.17, 15) is 9.90 Å². The number of aryl methyl sites for hydroxylation is 2. The van der Waals surface area contributed by atoms with Crippen LogP contribution in [0.4, 0.5) is 0 Å². The molecule has 8 heteroatoms. The summed E-state index contributed by atoms with van der Waals surface area (Å²) in [5, 5.41) is 11.2. The Bertz CT molecular complexity index is 1570. The zero-order chi connectivity index (χ0) is 27.1. The number of hydrogen-bond acceptors (Lipinski definition) is 6. The first-order valence-corrected chi connectivity index (χ1v) is 13.3. The Morgan fingerprint density at radius 2 is 1.95 bits per heavy atom. The quantitative estimate of drug-likeness (QED) is 0.262. The average molecular weight is 534 g/mol. The van der Waals surface area contributed by atoms with Crippen molar-refractivity contribution in [2.45, 2.75) is 65.3 Å². The van der Waals surface area contributed by atoms with Crippen molar-refractivity contribution in [2.24, 2.45) is 0 Å². The monoisotopic (exact) mass is 533 g/mol. The van der Waals surface area contributed by atoms with Crippen LogP contribution in [0.1, 0.15) is 73.4 Å². The fourth-order valence-electron chi connectivity index (χ4n) is 5.04. The number of nitrogens with zero attached hydrogens (tertiary/aromatic N) is 3. The molecule has 7 nitrogen and oxygen atoms in total. The molecule has 1 saturated carbocycles. The molecule has 1 atom stereocenters. The van der Waals surface area contributed by atoms with Gasteiger partial charge in [0.2, 0.25) is 5.89 Å². The van der Waals surface area contributed by atoms with E-state index in [4.69, 9.17) is 25.7 Å². The zero-order valence-electron chi connectivity index (χ0n) is 22.3. The third-order valence-corrected chi connectivity index (χ3v) is 7.68. The van der Waals surface area contributed by atoms with Gasteiger partial charge in [-0.3, -0.25) is 9.36 Å². The van der Waals surface area contributed by atoms with Crippen LogP contribution in [0, 0.1) is 13.8 Å². The Kier molecular flexibility index (Phi) is 7.05. The van der Waals surface area contributed by atoms with E-state index >= 15 is 0 Å².